The highest BCUT2D eigenvalue weighted by Gasteiger charge is 2.27. The molecule has 1 aromatic carbocycles. The molecular formula is C27H29N7O2. The molecule has 4 aromatic heterocycles. The largest absolute Gasteiger partial charge is 0.467 e. The molecule has 5 aromatic rings. The van der Waals surface area contributed by atoms with Crippen molar-refractivity contribution in [1.82, 2.24) is 35.1 Å². The van der Waals surface area contributed by atoms with Crippen molar-refractivity contribution in [3.63, 3.8) is 0 Å². The van der Waals surface area contributed by atoms with E-state index in [0.717, 1.165) is 46.5 Å². The van der Waals surface area contributed by atoms with Gasteiger partial charge in [0.05, 0.1) is 12.3 Å². The van der Waals surface area contributed by atoms with Gasteiger partial charge in [-0.2, -0.15) is 0 Å². The lowest BCUT2D eigenvalue weighted by atomic mass is 10.1. The van der Waals surface area contributed by atoms with E-state index in [2.05, 4.69) is 50.3 Å². The number of rotatable bonds is 10. The van der Waals surface area contributed by atoms with Crippen LogP contribution in [0.2, 0.25) is 0 Å². The molecule has 0 radical (unpaired) electrons. The molecule has 0 aliphatic rings. The monoisotopic (exact) mass is 483 g/mol. The number of nitrogens with zero attached hydrogens (tertiary/aromatic N) is 6. The van der Waals surface area contributed by atoms with Gasteiger partial charge in [-0.3, -0.25) is 14.7 Å². The van der Waals surface area contributed by atoms with E-state index in [1.165, 1.54) is 0 Å². The Balaban J connectivity index is 1.54. The average Bonchev–Trinajstić information content (AvgIpc) is 3.56. The van der Waals surface area contributed by atoms with Crippen molar-refractivity contribution in [2.24, 2.45) is 0 Å². The van der Waals surface area contributed by atoms with Gasteiger partial charge in [-0.25, -0.2) is 4.68 Å². The number of H-pyrrole nitrogens is 1. The zero-order valence-corrected chi connectivity index (χ0v) is 20.5. The van der Waals surface area contributed by atoms with E-state index >= 15 is 0 Å². The third-order valence-electron chi connectivity index (χ3n) is 6.30. The van der Waals surface area contributed by atoms with Crippen molar-refractivity contribution >= 4 is 10.9 Å². The predicted molar refractivity (Wildman–Crippen MR) is 136 cm³/mol. The topological polar surface area (TPSA) is 106 Å². The lowest BCUT2D eigenvalue weighted by Gasteiger charge is -2.30. The highest BCUT2D eigenvalue weighted by Crippen LogP contribution is 2.28. The zero-order chi connectivity index (χ0) is 24.9. The number of furan rings is 1. The first-order valence-electron chi connectivity index (χ1n) is 12.1. The van der Waals surface area contributed by atoms with Crippen LogP contribution in [-0.4, -0.2) is 35.1 Å². The summed E-state index contributed by atoms with van der Waals surface area (Å²) in [6.07, 6.45) is 7.01. The molecule has 0 spiro atoms. The van der Waals surface area contributed by atoms with Crippen molar-refractivity contribution < 1.29 is 4.42 Å². The van der Waals surface area contributed by atoms with Gasteiger partial charge in [0, 0.05) is 36.6 Å². The Morgan fingerprint density at radius 1 is 1.14 bits per heavy atom. The summed E-state index contributed by atoms with van der Waals surface area (Å²) in [4.78, 5) is 22.7. The maximum Gasteiger partial charge on any atom is 0.252 e. The summed E-state index contributed by atoms with van der Waals surface area (Å²) in [5.41, 5.74) is 3.64. The second-order valence-electron chi connectivity index (χ2n) is 9.06. The number of aromatic amines is 1. The molecule has 0 fully saturated rings. The number of aryl methyl sites for hydroxylation is 1. The van der Waals surface area contributed by atoms with Crippen LogP contribution in [0.5, 0.6) is 0 Å². The van der Waals surface area contributed by atoms with Gasteiger partial charge in [0.15, 0.2) is 5.82 Å². The highest BCUT2D eigenvalue weighted by atomic mass is 16.3. The predicted octanol–water partition coefficient (Wildman–Crippen LogP) is 4.40. The molecule has 0 amide bonds. The lowest BCUT2D eigenvalue weighted by molar-refractivity contribution is 0.155. The van der Waals surface area contributed by atoms with Crippen LogP contribution in [0, 0.1) is 6.92 Å². The van der Waals surface area contributed by atoms with Crippen LogP contribution in [0.25, 0.3) is 10.9 Å². The third kappa shape index (κ3) is 5.26. The molecule has 0 saturated heterocycles. The minimum atomic E-state index is -0.118. The van der Waals surface area contributed by atoms with Crippen LogP contribution >= 0.6 is 0 Å². The number of hydrogen-bond donors (Lipinski definition) is 1. The molecule has 9 nitrogen and oxygen atoms in total. The van der Waals surface area contributed by atoms with Crippen LogP contribution < -0.4 is 5.56 Å². The Kier molecular flexibility index (Phi) is 6.99. The molecular weight excluding hydrogens is 454 g/mol. The maximum atomic E-state index is 13.1. The summed E-state index contributed by atoms with van der Waals surface area (Å²) in [6.45, 7) is 5.66. The highest BCUT2D eigenvalue weighted by molar-refractivity contribution is 5.79. The fourth-order valence-corrected chi connectivity index (χ4v) is 4.57. The molecule has 184 valence electrons. The van der Waals surface area contributed by atoms with Crippen LogP contribution in [-0.2, 0) is 19.6 Å². The molecule has 4 heterocycles. The first-order chi connectivity index (χ1) is 17.6. The Bertz CT molecular complexity index is 1480. The molecule has 0 aliphatic heterocycles. The third-order valence-corrected chi connectivity index (χ3v) is 6.30. The van der Waals surface area contributed by atoms with Gasteiger partial charge in [0.1, 0.15) is 12.3 Å². The van der Waals surface area contributed by atoms with Crippen molar-refractivity contribution in [3.8, 4) is 0 Å². The number of aromatic nitrogens is 6. The summed E-state index contributed by atoms with van der Waals surface area (Å²) in [6, 6.07) is 15.6. The summed E-state index contributed by atoms with van der Waals surface area (Å²) < 4.78 is 7.32. The van der Waals surface area contributed by atoms with E-state index < -0.39 is 0 Å². The number of benzene rings is 1. The van der Waals surface area contributed by atoms with Crippen LogP contribution in [0.3, 0.4) is 0 Å². The molecule has 5 rings (SSSR count). The second kappa shape index (κ2) is 10.7. The second-order valence-corrected chi connectivity index (χ2v) is 9.06. The van der Waals surface area contributed by atoms with Crippen molar-refractivity contribution in [3.05, 3.63) is 106 Å². The van der Waals surface area contributed by atoms with Crippen LogP contribution in [0.15, 0.2) is 76.4 Å². The Hall–Kier alpha value is -4.11. The first kappa shape index (κ1) is 23.6. The van der Waals surface area contributed by atoms with Gasteiger partial charge in [-0.1, -0.05) is 31.0 Å². The Labute approximate surface area is 208 Å². The molecule has 9 heteroatoms. The quantitative estimate of drug-likeness (QED) is 0.314. The first-order valence-corrected chi connectivity index (χ1v) is 12.1. The van der Waals surface area contributed by atoms with E-state index in [0.29, 0.717) is 25.2 Å². The number of fused-ring (bicyclic) bond motifs is 1. The van der Waals surface area contributed by atoms with Gasteiger partial charge in [0.25, 0.3) is 5.56 Å². The average molecular weight is 484 g/mol. The maximum absolute atomic E-state index is 13.1. The normalized spacial score (nSPS) is 12.4. The van der Waals surface area contributed by atoms with E-state index in [9.17, 15) is 4.79 Å². The molecule has 0 aliphatic carbocycles. The Morgan fingerprint density at radius 3 is 2.83 bits per heavy atom. The fourth-order valence-electron chi connectivity index (χ4n) is 4.57. The van der Waals surface area contributed by atoms with Gasteiger partial charge in [-0.15, -0.1) is 5.10 Å². The van der Waals surface area contributed by atoms with E-state index in [1.54, 1.807) is 17.1 Å². The number of hydrogen-bond acceptors (Lipinski definition) is 7. The molecule has 1 atom stereocenters. The van der Waals surface area contributed by atoms with E-state index in [1.807, 2.05) is 48.7 Å². The number of tetrazole rings is 1. The Morgan fingerprint density at radius 2 is 2.06 bits per heavy atom. The van der Waals surface area contributed by atoms with Crippen molar-refractivity contribution in [2.45, 2.75) is 52.4 Å². The van der Waals surface area contributed by atoms with Gasteiger partial charge in [0.2, 0.25) is 0 Å². The lowest BCUT2D eigenvalue weighted by Crippen LogP contribution is -2.32. The SMILES string of the molecule is CCCC(c1nnnn1Cc1ccco1)N(Cc1cccnc1)Cc1cc2cc(C)ccc2[nH]c1=O. The number of nitrogens with one attached hydrogen (secondary N) is 1. The summed E-state index contributed by atoms with van der Waals surface area (Å²) in [5, 5.41) is 13.7. The minimum absolute atomic E-state index is 0.0898. The van der Waals surface area contributed by atoms with Crippen molar-refractivity contribution in [1.29, 1.82) is 0 Å². The van der Waals surface area contributed by atoms with Gasteiger partial charge >= 0.3 is 0 Å². The smallest absolute Gasteiger partial charge is 0.252 e. The molecule has 0 saturated carbocycles. The molecule has 36 heavy (non-hydrogen) atoms. The molecule has 0 bridgehead atoms. The van der Waals surface area contributed by atoms with Crippen LogP contribution in [0.1, 0.15) is 54.1 Å². The van der Waals surface area contributed by atoms with Crippen molar-refractivity contribution in [2.75, 3.05) is 0 Å². The number of pyridine rings is 2. The van der Waals surface area contributed by atoms with Gasteiger partial charge < -0.3 is 9.40 Å². The standard InChI is InChI=1S/C27H29N7O2/c1-3-6-25(26-30-31-32-34(26)18-23-8-5-12-36-23)33(16-20-7-4-11-28-15-20)17-22-14-21-13-19(2)9-10-24(21)29-27(22)35/h4-5,7-15,25H,3,6,16-18H2,1-2H3,(H,29,35). The molecule has 1 N–H and O–H groups in total. The zero-order valence-electron chi connectivity index (χ0n) is 20.5. The van der Waals surface area contributed by atoms with E-state index in [4.69, 9.17) is 4.42 Å². The summed E-state index contributed by atoms with van der Waals surface area (Å²) in [5.74, 6) is 1.52. The van der Waals surface area contributed by atoms with Gasteiger partial charge in [-0.05, 0) is 71.1 Å². The fraction of sp³-hybridized carbons (Fsp3) is 0.296. The van der Waals surface area contributed by atoms with E-state index in [-0.39, 0.29) is 11.6 Å². The molecule has 1 unspecified atom stereocenters. The summed E-state index contributed by atoms with van der Waals surface area (Å²) in [7, 11) is 0. The summed E-state index contributed by atoms with van der Waals surface area (Å²) >= 11 is 0. The van der Waals surface area contributed by atoms with Crippen LogP contribution in [0.4, 0.5) is 0 Å². The minimum Gasteiger partial charge on any atom is -0.467 e.